The second-order valence-corrected chi connectivity index (χ2v) is 5.25. The van der Waals surface area contributed by atoms with Gasteiger partial charge in [0.15, 0.2) is 0 Å². The molecule has 1 aromatic rings. The van der Waals surface area contributed by atoms with E-state index in [1.807, 2.05) is 12.1 Å². The quantitative estimate of drug-likeness (QED) is 0.459. The van der Waals surface area contributed by atoms with E-state index in [9.17, 15) is 4.79 Å². The summed E-state index contributed by atoms with van der Waals surface area (Å²) in [5, 5.41) is 0. The molecule has 0 aliphatic carbocycles. The van der Waals surface area contributed by atoms with Crippen molar-refractivity contribution in [2.24, 2.45) is 0 Å². The number of hydrogen-bond acceptors (Lipinski definition) is 2. The number of nitrogens with zero attached hydrogens (tertiary/aromatic N) is 1. The number of alkyl halides is 1. The van der Waals surface area contributed by atoms with Crippen LogP contribution < -0.4 is 0 Å². The average molecular weight is 257 g/mol. The lowest BCUT2D eigenvalue weighted by molar-refractivity contribution is -0.870. The minimum Gasteiger partial charge on any atom is -0.456 e. The summed E-state index contributed by atoms with van der Waals surface area (Å²) in [4.78, 5) is 11.7. The number of likely N-dealkylation sites (N-methyl/N-ethyl adjacent to an activating group) is 1. The van der Waals surface area contributed by atoms with Gasteiger partial charge in [-0.05, 0) is 17.7 Å². The van der Waals surface area contributed by atoms with Crippen molar-refractivity contribution in [1.82, 2.24) is 0 Å². The first-order chi connectivity index (χ1) is 7.92. The highest BCUT2D eigenvalue weighted by atomic mass is 35.5. The van der Waals surface area contributed by atoms with Crippen molar-refractivity contribution in [3.05, 3.63) is 35.4 Å². The number of carbonyl (C=O) groups is 1. The third-order valence-corrected chi connectivity index (χ3v) is 2.62. The summed E-state index contributed by atoms with van der Waals surface area (Å²) in [7, 11) is 6.17. The summed E-state index contributed by atoms with van der Waals surface area (Å²) >= 11 is 5.71. The van der Waals surface area contributed by atoms with Gasteiger partial charge in [0.2, 0.25) is 0 Å². The van der Waals surface area contributed by atoms with Crippen LogP contribution in [0.25, 0.3) is 0 Å². The van der Waals surface area contributed by atoms with Crippen molar-refractivity contribution in [2.45, 2.75) is 5.88 Å². The van der Waals surface area contributed by atoms with Gasteiger partial charge in [-0.1, -0.05) is 12.1 Å². The molecule has 0 bridgehead atoms. The molecule has 0 spiro atoms. The molecule has 0 amide bonds. The van der Waals surface area contributed by atoms with Crippen molar-refractivity contribution < 1.29 is 14.0 Å². The molecule has 3 nitrogen and oxygen atoms in total. The highest BCUT2D eigenvalue weighted by Crippen LogP contribution is 2.09. The molecule has 0 fully saturated rings. The smallest absolute Gasteiger partial charge is 0.338 e. The van der Waals surface area contributed by atoms with Crippen LogP contribution in [0.4, 0.5) is 0 Å². The van der Waals surface area contributed by atoms with Crippen LogP contribution in [0, 0.1) is 0 Å². The van der Waals surface area contributed by atoms with E-state index in [1.54, 1.807) is 12.1 Å². The molecule has 17 heavy (non-hydrogen) atoms. The number of hydrogen-bond donors (Lipinski definition) is 0. The summed E-state index contributed by atoms with van der Waals surface area (Å²) in [5.41, 5.74) is 1.48. The van der Waals surface area contributed by atoms with E-state index in [2.05, 4.69) is 21.1 Å². The Hall–Kier alpha value is -1.06. The van der Waals surface area contributed by atoms with Crippen LogP contribution in [0.1, 0.15) is 15.9 Å². The van der Waals surface area contributed by atoms with Gasteiger partial charge in [0.25, 0.3) is 0 Å². The molecule has 94 valence electrons. The third-order valence-electron chi connectivity index (χ3n) is 2.31. The van der Waals surface area contributed by atoms with Crippen LogP contribution in [0.5, 0.6) is 0 Å². The number of halogens is 1. The van der Waals surface area contributed by atoms with E-state index >= 15 is 0 Å². The van der Waals surface area contributed by atoms with Gasteiger partial charge in [-0.25, -0.2) is 4.79 Å². The molecule has 0 heterocycles. The van der Waals surface area contributed by atoms with E-state index in [0.29, 0.717) is 18.1 Å². The van der Waals surface area contributed by atoms with Crippen LogP contribution in [0.2, 0.25) is 0 Å². The number of rotatable bonds is 5. The van der Waals surface area contributed by atoms with Crippen molar-refractivity contribution in [3.8, 4) is 0 Å². The summed E-state index contributed by atoms with van der Waals surface area (Å²) in [6.07, 6.45) is 0. The molecule has 0 aliphatic heterocycles. The molecule has 0 aliphatic rings. The summed E-state index contributed by atoms with van der Waals surface area (Å²) in [5.74, 6) is 0.116. The van der Waals surface area contributed by atoms with Gasteiger partial charge in [-0.2, -0.15) is 0 Å². The maximum absolute atomic E-state index is 11.7. The average Bonchev–Trinajstić information content (AvgIpc) is 2.27. The molecular weight excluding hydrogens is 238 g/mol. The van der Waals surface area contributed by atoms with E-state index in [0.717, 1.165) is 16.6 Å². The van der Waals surface area contributed by atoms with Gasteiger partial charge in [-0.3, -0.25) is 0 Å². The first-order valence-corrected chi connectivity index (χ1v) is 6.08. The first kappa shape index (κ1) is 14.0. The predicted octanol–water partition coefficient (Wildman–Crippen LogP) is 2.29. The molecule has 0 radical (unpaired) electrons. The first-order valence-electron chi connectivity index (χ1n) is 5.55. The van der Waals surface area contributed by atoms with E-state index in [1.165, 1.54) is 0 Å². The molecule has 4 heteroatoms. The Labute approximate surface area is 108 Å². The van der Waals surface area contributed by atoms with Gasteiger partial charge >= 0.3 is 5.97 Å². The SMILES string of the molecule is C[N+](C)(C)CCOC(=O)c1cccc(CCl)c1. The maximum Gasteiger partial charge on any atom is 0.338 e. The zero-order valence-electron chi connectivity index (χ0n) is 10.6. The Bertz CT molecular complexity index is 385. The minimum absolute atomic E-state index is 0.287. The fraction of sp³-hybridized carbons (Fsp3) is 0.462. The summed E-state index contributed by atoms with van der Waals surface area (Å²) in [6.45, 7) is 1.22. The molecule has 1 rings (SSSR count). The van der Waals surface area contributed by atoms with Crippen LogP contribution in [0.15, 0.2) is 24.3 Å². The van der Waals surface area contributed by atoms with Crippen molar-refractivity contribution in [2.75, 3.05) is 34.3 Å². The fourth-order valence-electron chi connectivity index (χ4n) is 1.28. The minimum atomic E-state index is -0.287. The monoisotopic (exact) mass is 256 g/mol. The second-order valence-electron chi connectivity index (χ2n) is 4.98. The van der Waals surface area contributed by atoms with Gasteiger partial charge in [-0.15, -0.1) is 11.6 Å². The second kappa shape index (κ2) is 6.03. The van der Waals surface area contributed by atoms with E-state index < -0.39 is 0 Å². The number of carbonyl (C=O) groups excluding carboxylic acids is 1. The van der Waals surface area contributed by atoms with Crippen LogP contribution in [-0.2, 0) is 10.6 Å². The topological polar surface area (TPSA) is 26.3 Å². The Morgan fingerprint density at radius 1 is 1.35 bits per heavy atom. The Kier molecular flexibility index (Phi) is 4.97. The molecule has 1 aromatic carbocycles. The molecule has 0 unspecified atom stereocenters. The zero-order valence-corrected chi connectivity index (χ0v) is 11.3. The highest BCUT2D eigenvalue weighted by molar-refractivity contribution is 6.17. The Morgan fingerprint density at radius 3 is 2.65 bits per heavy atom. The Balaban J connectivity index is 2.52. The van der Waals surface area contributed by atoms with Gasteiger partial charge < -0.3 is 9.22 Å². The largest absolute Gasteiger partial charge is 0.456 e. The van der Waals surface area contributed by atoms with Crippen LogP contribution >= 0.6 is 11.6 Å². The Morgan fingerprint density at radius 2 is 2.06 bits per heavy atom. The predicted molar refractivity (Wildman–Crippen MR) is 69.2 cm³/mol. The molecular formula is C13H19ClNO2+. The van der Waals surface area contributed by atoms with Crippen LogP contribution in [-0.4, -0.2) is 44.7 Å². The lowest BCUT2D eigenvalue weighted by atomic mass is 10.1. The van der Waals surface area contributed by atoms with Gasteiger partial charge in [0.05, 0.1) is 26.7 Å². The number of quaternary nitrogens is 1. The number of benzene rings is 1. The molecule has 0 saturated carbocycles. The van der Waals surface area contributed by atoms with Crippen molar-refractivity contribution >= 4 is 17.6 Å². The van der Waals surface area contributed by atoms with Crippen LogP contribution in [0.3, 0.4) is 0 Å². The summed E-state index contributed by atoms with van der Waals surface area (Å²) in [6, 6.07) is 7.20. The summed E-state index contributed by atoms with van der Waals surface area (Å²) < 4.78 is 5.98. The normalized spacial score (nSPS) is 11.3. The van der Waals surface area contributed by atoms with Crippen molar-refractivity contribution in [1.29, 1.82) is 0 Å². The van der Waals surface area contributed by atoms with Crippen molar-refractivity contribution in [3.63, 3.8) is 0 Å². The van der Waals surface area contributed by atoms with Gasteiger partial charge in [0, 0.05) is 5.88 Å². The molecule has 0 N–H and O–H groups in total. The number of ether oxygens (including phenoxy) is 1. The lowest BCUT2D eigenvalue weighted by Crippen LogP contribution is -2.38. The molecule has 0 aromatic heterocycles. The lowest BCUT2D eigenvalue weighted by Gasteiger charge is -2.23. The van der Waals surface area contributed by atoms with E-state index in [4.69, 9.17) is 16.3 Å². The van der Waals surface area contributed by atoms with Gasteiger partial charge in [0.1, 0.15) is 13.2 Å². The molecule has 0 saturated heterocycles. The standard InChI is InChI=1S/C13H19ClNO2/c1-15(2,3)7-8-17-13(16)12-6-4-5-11(9-12)10-14/h4-6,9H,7-8,10H2,1-3H3/q+1. The number of esters is 1. The third kappa shape index (κ3) is 5.20. The highest BCUT2D eigenvalue weighted by Gasteiger charge is 2.11. The molecule has 0 atom stereocenters. The maximum atomic E-state index is 11.7. The zero-order chi connectivity index (χ0) is 12.9. The van der Waals surface area contributed by atoms with E-state index in [-0.39, 0.29) is 5.97 Å². The fourth-order valence-corrected chi connectivity index (χ4v) is 1.44.